The van der Waals surface area contributed by atoms with Gasteiger partial charge in [-0.05, 0) is 41.8 Å². The van der Waals surface area contributed by atoms with Gasteiger partial charge in [0.05, 0.1) is 12.3 Å². The molecule has 0 saturated carbocycles. The smallest absolute Gasteiger partial charge is 0.306 e. The van der Waals surface area contributed by atoms with Crippen LogP contribution in [0.4, 0.5) is 0 Å². The van der Waals surface area contributed by atoms with Gasteiger partial charge in [-0.2, -0.15) is 13.7 Å². The number of amides is 1. The molecule has 1 amide bonds. The van der Waals surface area contributed by atoms with Gasteiger partial charge in [-0.1, -0.05) is 36.4 Å². The minimum absolute atomic E-state index is 0.242. The van der Waals surface area contributed by atoms with Gasteiger partial charge in [-0.3, -0.25) is 4.79 Å². The fraction of sp³-hybridized carbons (Fsp3) is 0.364. The van der Waals surface area contributed by atoms with Crippen molar-refractivity contribution in [3.05, 3.63) is 54.1 Å². The normalized spacial score (nSPS) is 17.7. The number of nitriles is 1. The highest BCUT2D eigenvalue weighted by Crippen LogP contribution is 2.25. The van der Waals surface area contributed by atoms with Crippen molar-refractivity contribution in [3.63, 3.8) is 0 Å². The van der Waals surface area contributed by atoms with E-state index < -0.39 is 22.3 Å². The maximum absolute atomic E-state index is 12.4. The number of ether oxygens (including phenoxy) is 1. The van der Waals surface area contributed by atoms with Crippen molar-refractivity contribution in [2.24, 2.45) is 0 Å². The van der Waals surface area contributed by atoms with Gasteiger partial charge < -0.3 is 19.6 Å². The summed E-state index contributed by atoms with van der Waals surface area (Å²) >= 11 is 0. The quantitative estimate of drug-likeness (QED) is 0.625. The lowest BCUT2D eigenvalue weighted by Gasteiger charge is -2.18. The number of nitrogens with one attached hydrogen (secondary N) is 2. The van der Waals surface area contributed by atoms with Crippen molar-refractivity contribution < 1.29 is 22.1 Å². The molecule has 8 nitrogen and oxygen atoms in total. The summed E-state index contributed by atoms with van der Waals surface area (Å²) < 4.78 is 33.1. The number of carbonyl (C=O) groups excluding carboxylic acids is 1. The SMILES string of the molecule is CS(=O)(=O)Oc1cccc(-c2ccc(CC(C#N)NC(=O)C3CNCCCO3)cc2)c1. The highest BCUT2D eigenvalue weighted by atomic mass is 32.2. The molecule has 0 bridgehead atoms. The molecule has 2 aromatic rings. The van der Waals surface area contributed by atoms with Gasteiger partial charge in [0.1, 0.15) is 17.9 Å². The Bertz CT molecular complexity index is 1040. The third-order valence-electron chi connectivity index (χ3n) is 4.72. The number of hydrogen-bond donors (Lipinski definition) is 2. The minimum Gasteiger partial charge on any atom is -0.383 e. The van der Waals surface area contributed by atoms with Crippen LogP contribution in [0.25, 0.3) is 11.1 Å². The van der Waals surface area contributed by atoms with Crippen molar-refractivity contribution in [1.29, 1.82) is 5.26 Å². The topological polar surface area (TPSA) is 118 Å². The van der Waals surface area contributed by atoms with E-state index in [0.717, 1.165) is 35.9 Å². The van der Waals surface area contributed by atoms with Gasteiger partial charge in [0.2, 0.25) is 0 Å². The van der Waals surface area contributed by atoms with Crippen molar-refractivity contribution in [3.8, 4) is 22.9 Å². The summed E-state index contributed by atoms with van der Waals surface area (Å²) in [5.74, 6) is -0.0492. The number of benzene rings is 2. The largest absolute Gasteiger partial charge is 0.383 e. The summed E-state index contributed by atoms with van der Waals surface area (Å²) in [7, 11) is -3.60. The molecule has 2 aromatic carbocycles. The third-order valence-corrected chi connectivity index (χ3v) is 5.22. The summed E-state index contributed by atoms with van der Waals surface area (Å²) in [6.07, 6.45) is 1.61. The summed E-state index contributed by atoms with van der Waals surface area (Å²) in [5, 5.41) is 15.4. The molecule has 2 atom stereocenters. The number of hydrogen-bond acceptors (Lipinski definition) is 7. The number of nitrogens with zero attached hydrogens (tertiary/aromatic N) is 1. The van der Waals surface area contributed by atoms with E-state index in [2.05, 4.69) is 16.7 Å². The predicted molar refractivity (Wildman–Crippen MR) is 116 cm³/mol. The maximum Gasteiger partial charge on any atom is 0.306 e. The Labute approximate surface area is 182 Å². The van der Waals surface area contributed by atoms with Crippen LogP contribution in [-0.2, 0) is 26.1 Å². The summed E-state index contributed by atoms with van der Waals surface area (Å²) in [4.78, 5) is 12.4. The second kappa shape index (κ2) is 10.4. The summed E-state index contributed by atoms with van der Waals surface area (Å²) in [5.41, 5.74) is 2.56. The molecule has 2 N–H and O–H groups in total. The van der Waals surface area contributed by atoms with Gasteiger partial charge in [0.15, 0.2) is 0 Å². The lowest BCUT2D eigenvalue weighted by Crippen LogP contribution is -2.46. The van der Waals surface area contributed by atoms with Crippen LogP contribution in [0.15, 0.2) is 48.5 Å². The molecular formula is C22H25N3O5S. The maximum atomic E-state index is 12.4. The van der Waals surface area contributed by atoms with E-state index in [0.29, 0.717) is 19.6 Å². The standard InChI is InChI=1S/C22H25N3O5S/c1-31(27,28)30-20-5-2-4-18(13-20)17-8-6-16(7-9-17)12-19(14-23)25-22(26)21-15-24-10-3-11-29-21/h2,4-9,13,19,21,24H,3,10-12,15H2,1H3,(H,25,26). The van der Waals surface area contributed by atoms with Gasteiger partial charge in [-0.15, -0.1) is 0 Å². The van der Waals surface area contributed by atoms with Crippen LogP contribution in [-0.4, -0.2) is 52.4 Å². The van der Waals surface area contributed by atoms with Crippen molar-refractivity contribution in [2.45, 2.75) is 25.0 Å². The van der Waals surface area contributed by atoms with Gasteiger partial charge >= 0.3 is 10.1 Å². The van der Waals surface area contributed by atoms with Crippen molar-refractivity contribution >= 4 is 16.0 Å². The molecule has 0 aliphatic carbocycles. The third kappa shape index (κ3) is 7.07. The average Bonchev–Trinajstić information content (AvgIpc) is 3.02. The van der Waals surface area contributed by atoms with E-state index >= 15 is 0 Å². The minimum atomic E-state index is -3.60. The van der Waals surface area contributed by atoms with E-state index in [9.17, 15) is 18.5 Å². The molecular weight excluding hydrogens is 418 g/mol. The van der Waals surface area contributed by atoms with E-state index in [1.54, 1.807) is 18.2 Å². The summed E-state index contributed by atoms with van der Waals surface area (Å²) in [6, 6.07) is 15.8. The first-order valence-corrected chi connectivity index (χ1v) is 11.8. The fourth-order valence-electron chi connectivity index (χ4n) is 3.25. The van der Waals surface area contributed by atoms with Crippen molar-refractivity contribution in [1.82, 2.24) is 10.6 Å². The Morgan fingerprint density at radius 1 is 1.29 bits per heavy atom. The number of carbonyl (C=O) groups is 1. The van der Waals surface area contributed by atoms with E-state index in [1.165, 1.54) is 0 Å². The Morgan fingerprint density at radius 3 is 2.77 bits per heavy atom. The molecule has 31 heavy (non-hydrogen) atoms. The van der Waals surface area contributed by atoms with Gasteiger partial charge in [0.25, 0.3) is 5.91 Å². The van der Waals surface area contributed by atoms with Crippen molar-refractivity contribution in [2.75, 3.05) is 26.0 Å². The molecule has 1 aliphatic rings. The first-order chi connectivity index (χ1) is 14.8. The lowest BCUT2D eigenvalue weighted by molar-refractivity contribution is -0.132. The second-order valence-corrected chi connectivity index (χ2v) is 8.90. The fourth-order valence-corrected chi connectivity index (χ4v) is 3.70. The molecule has 0 radical (unpaired) electrons. The van der Waals surface area contributed by atoms with Crippen LogP contribution in [0, 0.1) is 11.3 Å². The molecule has 1 saturated heterocycles. The van der Waals surface area contributed by atoms with E-state index in [4.69, 9.17) is 8.92 Å². The first-order valence-electron chi connectivity index (χ1n) is 9.95. The Balaban J connectivity index is 1.63. The Hall–Kier alpha value is -2.93. The Kier molecular flexibility index (Phi) is 7.63. The average molecular weight is 444 g/mol. The highest BCUT2D eigenvalue weighted by molar-refractivity contribution is 7.86. The van der Waals surface area contributed by atoms with Crippen LogP contribution in [0.5, 0.6) is 5.75 Å². The number of rotatable bonds is 7. The zero-order chi connectivity index (χ0) is 22.3. The van der Waals surface area contributed by atoms with Crippen LogP contribution >= 0.6 is 0 Å². The zero-order valence-electron chi connectivity index (χ0n) is 17.2. The monoisotopic (exact) mass is 443 g/mol. The van der Waals surface area contributed by atoms with Crippen LogP contribution in [0.2, 0.25) is 0 Å². The molecule has 1 aliphatic heterocycles. The molecule has 0 spiro atoms. The highest BCUT2D eigenvalue weighted by Gasteiger charge is 2.23. The zero-order valence-corrected chi connectivity index (χ0v) is 18.0. The predicted octanol–water partition coefficient (Wildman–Crippen LogP) is 1.62. The van der Waals surface area contributed by atoms with E-state index in [-0.39, 0.29) is 11.7 Å². The molecule has 164 valence electrons. The van der Waals surface area contributed by atoms with Crippen LogP contribution in [0.3, 0.4) is 0 Å². The molecule has 1 fully saturated rings. The second-order valence-electron chi connectivity index (χ2n) is 7.32. The van der Waals surface area contributed by atoms with Gasteiger partial charge in [-0.25, -0.2) is 0 Å². The van der Waals surface area contributed by atoms with Crippen LogP contribution < -0.4 is 14.8 Å². The summed E-state index contributed by atoms with van der Waals surface area (Å²) in [6.45, 7) is 1.75. The molecule has 1 heterocycles. The molecule has 3 rings (SSSR count). The molecule has 2 unspecified atom stereocenters. The lowest BCUT2D eigenvalue weighted by atomic mass is 10.0. The Morgan fingerprint density at radius 2 is 2.06 bits per heavy atom. The van der Waals surface area contributed by atoms with E-state index in [1.807, 2.05) is 30.3 Å². The van der Waals surface area contributed by atoms with Gasteiger partial charge in [0, 0.05) is 19.6 Å². The molecule has 9 heteroatoms. The first kappa shape index (κ1) is 22.7. The van der Waals surface area contributed by atoms with Crippen LogP contribution in [0.1, 0.15) is 12.0 Å². The molecule has 0 aromatic heterocycles.